The topological polar surface area (TPSA) is 33.1 Å². The molecule has 0 spiro atoms. The summed E-state index contributed by atoms with van der Waals surface area (Å²) in [6, 6.07) is 13.3. The Labute approximate surface area is 104 Å². The quantitative estimate of drug-likeness (QED) is 0.645. The van der Waals surface area contributed by atoms with E-state index in [1.54, 1.807) is 6.07 Å². The molecule has 0 atom stereocenters. The molecule has 0 aliphatic carbocycles. The normalized spacial score (nSPS) is 9.50. The number of hydrogen-bond donors (Lipinski definition) is 1. The summed E-state index contributed by atoms with van der Waals surface area (Å²) in [5.74, 6) is 0.350. The number of phenolic OH excluding ortho intramolecular Hbond substituents is 1. The second kappa shape index (κ2) is 5.69. The Bertz CT molecular complexity index is 526. The SMILES string of the molecule is Oc1cccc2ccccc12.c1c[te]cn1. The van der Waals surface area contributed by atoms with Gasteiger partial charge < -0.3 is 5.11 Å². The minimum absolute atomic E-state index is 0.132. The molecule has 3 heteroatoms. The van der Waals surface area contributed by atoms with E-state index in [9.17, 15) is 5.11 Å². The average molecular weight is 325 g/mol. The Morgan fingerprint density at radius 2 is 1.81 bits per heavy atom. The first-order valence-electron chi connectivity index (χ1n) is 4.87. The number of fused-ring (bicyclic) bond motifs is 1. The Hall–Kier alpha value is -1.30. The second-order valence-corrected chi connectivity index (χ2v) is 5.33. The minimum atomic E-state index is 0.132. The average Bonchev–Trinajstić information content (AvgIpc) is 2.88. The molecule has 0 amide bonds. The summed E-state index contributed by atoms with van der Waals surface area (Å²) in [6.07, 6.45) is 1.86. The Kier molecular flexibility index (Phi) is 3.98. The zero-order valence-corrected chi connectivity index (χ0v) is 10.9. The van der Waals surface area contributed by atoms with E-state index in [-0.39, 0.29) is 20.4 Å². The van der Waals surface area contributed by atoms with Crippen LogP contribution in [-0.2, 0) is 0 Å². The van der Waals surface area contributed by atoms with Crippen LogP contribution in [-0.4, -0.2) is 30.5 Å². The summed E-state index contributed by atoms with van der Waals surface area (Å²) in [5.41, 5.74) is 0. The Morgan fingerprint density at radius 1 is 1.00 bits per heavy atom. The van der Waals surface area contributed by atoms with E-state index in [4.69, 9.17) is 0 Å². The maximum absolute atomic E-state index is 9.37. The van der Waals surface area contributed by atoms with Gasteiger partial charge in [0.1, 0.15) is 5.75 Å². The van der Waals surface area contributed by atoms with Crippen LogP contribution >= 0.6 is 0 Å². The first kappa shape index (κ1) is 11.2. The number of hydrogen-bond acceptors (Lipinski definition) is 2. The van der Waals surface area contributed by atoms with Gasteiger partial charge in [-0.05, 0) is 11.5 Å². The van der Waals surface area contributed by atoms with Gasteiger partial charge in [0.2, 0.25) is 0 Å². The molecule has 1 heterocycles. The molecule has 2 nitrogen and oxygen atoms in total. The third-order valence-electron chi connectivity index (χ3n) is 2.11. The summed E-state index contributed by atoms with van der Waals surface area (Å²) in [4.78, 5) is 3.84. The number of phenols is 1. The fourth-order valence-electron chi connectivity index (χ4n) is 1.38. The fourth-order valence-corrected chi connectivity index (χ4v) is 2.39. The molecule has 0 bridgehead atoms. The standard InChI is InChI=1S/C10H8O.C3H3NTe/c11-10-7-3-5-8-4-1-2-6-9(8)10;1-2-5-3-4-1/h1-7,11H;1-3H. The molecule has 0 radical (unpaired) electrons. The molecule has 80 valence electrons. The van der Waals surface area contributed by atoms with Crippen molar-refractivity contribution in [1.82, 2.24) is 4.98 Å². The molecule has 3 aromatic rings. The zero-order chi connectivity index (χ0) is 11.2. The van der Waals surface area contributed by atoms with Gasteiger partial charge in [0, 0.05) is 5.39 Å². The molecule has 16 heavy (non-hydrogen) atoms. The third-order valence-corrected chi connectivity index (χ3v) is 3.60. The van der Waals surface area contributed by atoms with Crippen molar-refractivity contribution in [3.8, 4) is 5.75 Å². The predicted octanol–water partition coefficient (Wildman–Crippen LogP) is 2.68. The maximum atomic E-state index is 9.37. The third kappa shape index (κ3) is 2.85. The van der Waals surface area contributed by atoms with Gasteiger partial charge in [-0.1, -0.05) is 36.4 Å². The molecule has 2 aromatic carbocycles. The molecule has 3 rings (SSSR count). The van der Waals surface area contributed by atoms with Crippen molar-refractivity contribution in [2.24, 2.45) is 0 Å². The van der Waals surface area contributed by atoms with Crippen molar-refractivity contribution in [2.45, 2.75) is 0 Å². The van der Waals surface area contributed by atoms with Crippen LogP contribution in [0.5, 0.6) is 5.75 Å². The van der Waals surface area contributed by atoms with Gasteiger partial charge in [-0.2, -0.15) is 0 Å². The number of aromatic hydroxyl groups is 1. The van der Waals surface area contributed by atoms with Crippen LogP contribution in [0.1, 0.15) is 0 Å². The van der Waals surface area contributed by atoms with Crippen LogP contribution in [0.15, 0.2) is 57.0 Å². The van der Waals surface area contributed by atoms with E-state index < -0.39 is 0 Å². The summed E-state index contributed by atoms with van der Waals surface area (Å²) in [6.45, 7) is 0. The molecular weight excluding hydrogens is 314 g/mol. The Morgan fingerprint density at radius 3 is 2.44 bits per heavy atom. The van der Waals surface area contributed by atoms with Crippen LogP contribution in [0.4, 0.5) is 0 Å². The van der Waals surface area contributed by atoms with Crippen molar-refractivity contribution >= 4 is 31.2 Å². The summed E-state index contributed by atoms with van der Waals surface area (Å²) in [7, 11) is 0. The van der Waals surface area contributed by atoms with Gasteiger partial charge in [0.15, 0.2) is 0 Å². The van der Waals surface area contributed by atoms with E-state index in [1.807, 2.05) is 46.8 Å². The molecule has 0 saturated carbocycles. The summed E-state index contributed by atoms with van der Waals surface area (Å²) in [5, 5.41) is 11.4. The molecule has 0 fully saturated rings. The first-order chi connectivity index (χ1) is 7.88. The Balaban J connectivity index is 0.000000162. The van der Waals surface area contributed by atoms with Gasteiger partial charge >= 0.3 is 39.9 Å². The van der Waals surface area contributed by atoms with Crippen molar-refractivity contribution in [1.29, 1.82) is 0 Å². The van der Waals surface area contributed by atoms with E-state index in [0.717, 1.165) is 10.8 Å². The number of rotatable bonds is 0. The van der Waals surface area contributed by atoms with Crippen LogP contribution in [0.3, 0.4) is 0 Å². The van der Waals surface area contributed by atoms with Gasteiger partial charge in [0.25, 0.3) is 0 Å². The number of aromatic nitrogens is 1. The first-order valence-corrected chi connectivity index (χ1v) is 7.56. The van der Waals surface area contributed by atoms with Crippen LogP contribution in [0.25, 0.3) is 10.8 Å². The molecule has 1 aromatic heterocycles. The zero-order valence-electron chi connectivity index (χ0n) is 8.58. The van der Waals surface area contributed by atoms with E-state index in [2.05, 4.69) is 9.07 Å². The van der Waals surface area contributed by atoms with Gasteiger partial charge in [-0.15, -0.1) is 0 Å². The second-order valence-electron chi connectivity index (χ2n) is 3.17. The summed E-state index contributed by atoms with van der Waals surface area (Å²) >= 11 is 0.132. The van der Waals surface area contributed by atoms with Gasteiger partial charge in [-0.3, -0.25) is 0 Å². The molecule has 0 unspecified atom stereocenters. The van der Waals surface area contributed by atoms with Crippen LogP contribution in [0.2, 0.25) is 0 Å². The van der Waals surface area contributed by atoms with E-state index in [0.29, 0.717) is 5.75 Å². The number of benzene rings is 2. The van der Waals surface area contributed by atoms with Crippen molar-refractivity contribution in [3.63, 3.8) is 0 Å². The van der Waals surface area contributed by atoms with E-state index >= 15 is 0 Å². The molecule has 0 aliphatic heterocycles. The van der Waals surface area contributed by atoms with Crippen LogP contribution in [0, 0.1) is 0 Å². The fraction of sp³-hybridized carbons (Fsp3) is 0. The summed E-state index contributed by atoms with van der Waals surface area (Å²) < 4.78 is 4.15. The molecule has 0 aliphatic rings. The van der Waals surface area contributed by atoms with Crippen molar-refractivity contribution in [2.75, 3.05) is 0 Å². The molecule has 1 N–H and O–H groups in total. The van der Waals surface area contributed by atoms with Gasteiger partial charge in [0.05, 0.1) is 0 Å². The van der Waals surface area contributed by atoms with Crippen LogP contribution < -0.4 is 0 Å². The molecular formula is C13H11NOTe. The molecule has 0 saturated heterocycles. The van der Waals surface area contributed by atoms with E-state index in [1.165, 1.54) is 0 Å². The predicted molar refractivity (Wildman–Crippen MR) is 66.8 cm³/mol. The monoisotopic (exact) mass is 327 g/mol. The number of nitrogens with zero attached hydrogens (tertiary/aromatic N) is 1. The van der Waals surface area contributed by atoms with Gasteiger partial charge in [-0.25, -0.2) is 0 Å². The van der Waals surface area contributed by atoms with Crippen molar-refractivity contribution in [3.05, 3.63) is 57.0 Å². The van der Waals surface area contributed by atoms with Crippen molar-refractivity contribution < 1.29 is 5.11 Å².